The molecule has 0 fully saturated rings. The summed E-state index contributed by atoms with van der Waals surface area (Å²) in [5.41, 5.74) is 0.633. The Balaban J connectivity index is 2.55. The molecule has 2 aromatic rings. The van der Waals surface area contributed by atoms with Gasteiger partial charge in [-0.25, -0.2) is 15.0 Å². The van der Waals surface area contributed by atoms with Gasteiger partial charge < -0.3 is 4.57 Å². The highest BCUT2D eigenvalue weighted by Gasteiger charge is 2.11. The van der Waals surface area contributed by atoms with E-state index < -0.39 is 0 Å². The first kappa shape index (κ1) is 10.9. The Hall–Kier alpha value is -0.650. The maximum atomic E-state index is 5.86. The molecule has 2 rings (SSSR count). The fourth-order valence-electron chi connectivity index (χ4n) is 1.04. The average Bonchev–Trinajstić information content (AvgIpc) is 2.60. The summed E-state index contributed by atoms with van der Waals surface area (Å²) in [4.78, 5) is 12.2. The van der Waals surface area contributed by atoms with E-state index in [1.54, 1.807) is 17.1 Å². The van der Waals surface area contributed by atoms with Crippen LogP contribution in [0.2, 0.25) is 10.3 Å². The molecule has 0 amide bonds. The zero-order valence-corrected chi connectivity index (χ0v) is 10.7. The molecule has 0 aliphatic heterocycles. The van der Waals surface area contributed by atoms with Crippen molar-refractivity contribution in [2.75, 3.05) is 0 Å². The molecule has 15 heavy (non-hydrogen) atoms. The van der Waals surface area contributed by atoms with Crippen molar-refractivity contribution in [3.05, 3.63) is 27.3 Å². The summed E-state index contributed by atoms with van der Waals surface area (Å²) in [5.74, 6) is 0.411. The zero-order valence-electron chi connectivity index (χ0n) is 7.58. The second-order valence-corrected chi connectivity index (χ2v) is 4.38. The largest absolute Gasteiger partial charge is 0.340 e. The molecule has 0 aliphatic carbocycles. The van der Waals surface area contributed by atoms with Crippen LogP contribution in [-0.4, -0.2) is 19.5 Å². The highest BCUT2D eigenvalue weighted by Crippen LogP contribution is 2.29. The quantitative estimate of drug-likeness (QED) is 0.761. The smallest absolute Gasteiger partial charge is 0.182 e. The molecule has 0 aliphatic rings. The summed E-state index contributed by atoms with van der Waals surface area (Å²) in [6.45, 7) is 0. The van der Waals surface area contributed by atoms with E-state index in [2.05, 4.69) is 30.9 Å². The van der Waals surface area contributed by atoms with Gasteiger partial charge in [0.2, 0.25) is 0 Å². The summed E-state index contributed by atoms with van der Waals surface area (Å²) < 4.78 is 2.29. The van der Waals surface area contributed by atoms with E-state index in [4.69, 9.17) is 23.2 Å². The number of rotatable bonds is 1. The first-order valence-electron chi connectivity index (χ1n) is 3.95. The third kappa shape index (κ3) is 2.14. The Labute approximate surface area is 104 Å². The molecular formula is C8H5BrCl2N4. The molecular weight excluding hydrogens is 303 g/mol. The number of hydrogen-bond donors (Lipinski definition) is 0. The first-order chi connectivity index (χ1) is 7.08. The fraction of sp³-hybridized carbons (Fsp3) is 0.125. The number of hydrogen-bond acceptors (Lipinski definition) is 3. The van der Waals surface area contributed by atoms with Crippen molar-refractivity contribution < 1.29 is 0 Å². The molecule has 78 valence electrons. The van der Waals surface area contributed by atoms with Gasteiger partial charge in [-0.1, -0.05) is 23.2 Å². The third-order valence-corrected chi connectivity index (χ3v) is 3.46. The van der Waals surface area contributed by atoms with Crippen LogP contribution in [0, 0.1) is 0 Å². The monoisotopic (exact) mass is 306 g/mol. The zero-order chi connectivity index (χ0) is 11.0. The number of halogens is 3. The molecule has 7 heteroatoms. The van der Waals surface area contributed by atoms with Crippen LogP contribution in [0.25, 0.3) is 11.5 Å². The van der Waals surface area contributed by atoms with Crippen LogP contribution in [0.5, 0.6) is 0 Å². The van der Waals surface area contributed by atoms with E-state index >= 15 is 0 Å². The molecule has 0 saturated heterocycles. The second-order valence-electron chi connectivity index (χ2n) is 2.87. The van der Waals surface area contributed by atoms with Gasteiger partial charge in [-0.3, -0.25) is 0 Å². The Morgan fingerprint density at radius 2 is 1.87 bits per heavy atom. The van der Waals surface area contributed by atoms with E-state index in [0.29, 0.717) is 16.0 Å². The van der Waals surface area contributed by atoms with Gasteiger partial charge in [0.05, 0.1) is 10.8 Å². The van der Waals surface area contributed by atoms with Crippen molar-refractivity contribution in [1.82, 2.24) is 19.5 Å². The van der Waals surface area contributed by atoms with Gasteiger partial charge in [0.25, 0.3) is 0 Å². The van der Waals surface area contributed by atoms with E-state index in [1.807, 2.05) is 7.05 Å². The lowest BCUT2D eigenvalue weighted by atomic mass is 10.4. The Morgan fingerprint density at radius 1 is 1.27 bits per heavy atom. The maximum absolute atomic E-state index is 5.86. The Bertz CT molecular complexity index is 488. The van der Waals surface area contributed by atoms with Crippen LogP contribution in [0.3, 0.4) is 0 Å². The minimum atomic E-state index is 0.274. The topological polar surface area (TPSA) is 43.6 Å². The summed E-state index contributed by atoms with van der Waals surface area (Å²) in [7, 11) is 1.86. The van der Waals surface area contributed by atoms with Gasteiger partial charge >= 0.3 is 0 Å². The van der Waals surface area contributed by atoms with Crippen molar-refractivity contribution in [2.24, 2.45) is 7.05 Å². The lowest BCUT2D eigenvalue weighted by molar-refractivity contribution is 0.913. The van der Waals surface area contributed by atoms with E-state index in [9.17, 15) is 0 Å². The molecule has 4 nitrogen and oxygen atoms in total. The fourth-order valence-corrected chi connectivity index (χ4v) is 1.60. The minimum Gasteiger partial charge on any atom is -0.340 e. The summed E-state index contributed by atoms with van der Waals surface area (Å²) in [6.07, 6.45) is 3.44. The molecule has 0 atom stereocenters. The number of imidazole rings is 1. The molecule has 0 aromatic carbocycles. The molecule has 0 saturated carbocycles. The number of nitrogens with zero attached hydrogens (tertiary/aromatic N) is 4. The van der Waals surface area contributed by atoms with Crippen molar-refractivity contribution in [1.29, 1.82) is 0 Å². The lowest BCUT2D eigenvalue weighted by Crippen LogP contribution is -1.92. The third-order valence-electron chi connectivity index (χ3n) is 1.70. The van der Waals surface area contributed by atoms with Gasteiger partial charge in [-0.2, -0.15) is 0 Å². The van der Waals surface area contributed by atoms with Crippen molar-refractivity contribution in [3.8, 4) is 11.5 Å². The van der Waals surface area contributed by atoms with Gasteiger partial charge in [-0.15, -0.1) is 0 Å². The average molecular weight is 308 g/mol. The van der Waals surface area contributed by atoms with Crippen LogP contribution in [0.1, 0.15) is 0 Å². The maximum Gasteiger partial charge on any atom is 0.182 e. The van der Waals surface area contributed by atoms with Crippen molar-refractivity contribution in [2.45, 2.75) is 0 Å². The standard InChI is InChI=1S/C8H5BrCl2N4/c1-15-2-4(12-3-15)8-13-6(10)5(9)7(11)14-8/h2-3H,1H3. The van der Waals surface area contributed by atoms with Crippen LogP contribution in [-0.2, 0) is 7.05 Å². The molecule has 0 unspecified atom stereocenters. The molecule has 0 spiro atoms. The summed E-state index contributed by atoms with van der Waals surface area (Å²) in [6, 6.07) is 0. The molecule has 0 radical (unpaired) electrons. The highest BCUT2D eigenvalue weighted by molar-refractivity contribution is 9.10. The lowest BCUT2D eigenvalue weighted by Gasteiger charge is -2.00. The van der Waals surface area contributed by atoms with Crippen molar-refractivity contribution in [3.63, 3.8) is 0 Å². The predicted octanol–water partition coefficient (Wildman–Crippen LogP) is 2.95. The van der Waals surface area contributed by atoms with E-state index in [-0.39, 0.29) is 10.3 Å². The van der Waals surface area contributed by atoms with Crippen molar-refractivity contribution >= 4 is 39.1 Å². The number of aromatic nitrogens is 4. The summed E-state index contributed by atoms with van der Waals surface area (Å²) in [5, 5.41) is 0.548. The molecule has 0 N–H and O–H groups in total. The predicted molar refractivity (Wildman–Crippen MR) is 62.0 cm³/mol. The molecule has 2 heterocycles. The molecule has 0 bridgehead atoms. The van der Waals surface area contributed by atoms with E-state index in [1.165, 1.54) is 0 Å². The second kappa shape index (κ2) is 4.08. The Morgan fingerprint density at radius 3 is 2.33 bits per heavy atom. The molecule has 2 aromatic heterocycles. The van der Waals surface area contributed by atoms with Crippen LogP contribution in [0.4, 0.5) is 0 Å². The normalized spacial score (nSPS) is 10.7. The summed E-state index contributed by atoms with van der Waals surface area (Å²) >= 11 is 14.9. The van der Waals surface area contributed by atoms with Gasteiger partial charge in [0, 0.05) is 13.2 Å². The van der Waals surface area contributed by atoms with Gasteiger partial charge in [0.1, 0.15) is 16.0 Å². The minimum absolute atomic E-state index is 0.274. The first-order valence-corrected chi connectivity index (χ1v) is 5.49. The van der Waals surface area contributed by atoms with Crippen LogP contribution in [0.15, 0.2) is 17.0 Å². The van der Waals surface area contributed by atoms with Crippen LogP contribution >= 0.6 is 39.1 Å². The van der Waals surface area contributed by atoms with Gasteiger partial charge in [-0.05, 0) is 15.9 Å². The van der Waals surface area contributed by atoms with Crippen LogP contribution < -0.4 is 0 Å². The number of aryl methyl sites for hydroxylation is 1. The Kier molecular flexibility index (Phi) is 2.95. The highest BCUT2D eigenvalue weighted by atomic mass is 79.9. The van der Waals surface area contributed by atoms with E-state index in [0.717, 1.165) is 0 Å². The SMILES string of the molecule is Cn1cnc(-c2nc(Cl)c(Br)c(Cl)n2)c1. The van der Waals surface area contributed by atoms with Gasteiger partial charge in [0.15, 0.2) is 5.82 Å².